The lowest BCUT2D eigenvalue weighted by Crippen LogP contribution is -2.02. The summed E-state index contributed by atoms with van der Waals surface area (Å²) in [5, 5.41) is 0. The van der Waals surface area contributed by atoms with Gasteiger partial charge in [0.2, 0.25) is 0 Å². The molecule has 55 valence electrons. The van der Waals surface area contributed by atoms with Crippen molar-refractivity contribution in [3.63, 3.8) is 0 Å². The summed E-state index contributed by atoms with van der Waals surface area (Å²) >= 11 is 0. The first-order valence-corrected chi connectivity index (χ1v) is 4.41. The largest absolute Gasteiger partial charge is 0.286 e. The third kappa shape index (κ3) is 7.91. The highest BCUT2D eigenvalue weighted by Gasteiger charge is 2.01. The fourth-order valence-electron chi connectivity index (χ4n) is 0.461. The molecule has 0 heterocycles. The lowest BCUT2D eigenvalue weighted by molar-refractivity contribution is 0.480. The van der Waals surface area contributed by atoms with E-state index >= 15 is 0 Å². The van der Waals surface area contributed by atoms with E-state index in [1.807, 2.05) is 0 Å². The van der Waals surface area contributed by atoms with E-state index in [1.165, 1.54) is 0 Å². The standard InChI is InChI=1S/C5H11O3S/c1-2-3-4-5-9(6,7)8/h1-5H2,(H,6,7,8). The van der Waals surface area contributed by atoms with Crippen LogP contribution >= 0.6 is 0 Å². The van der Waals surface area contributed by atoms with Crippen molar-refractivity contribution in [1.29, 1.82) is 0 Å². The summed E-state index contributed by atoms with van der Waals surface area (Å²) in [6.45, 7) is 3.53. The van der Waals surface area contributed by atoms with Gasteiger partial charge < -0.3 is 0 Å². The van der Waals surface area contributed by atoms with Gasteiger partial charge in [0.25, 0.3) is 10.1 Å². The van der Waals surface area contributed by atoms with Crippen molar-refractivity contribution >= 4 is 10.1 Å². The van der Waals surface area contributed by atoms with E-state index in [4.69, 9.17) is 4.55 Å². The SMILES string of the molecule is [CH2]CCCCS(=O)(=O)O. The molecule has 4 heteroatoms. The zero-order chi connectivity index (χ0) is 7.33. The van der Waals surface area contributed by atoms with Crippen LogP contribution in [0.2, 0.25) is 0 Å². The Morgan fingerprint density at radius 3 is 2.22 bits per heavy atom. The molecule has 0 aliphatic carbocycles. The van der Waals surface area contributed by atoms with Gasteiger partial charge in [-0.3, -0.25) is 4.55 Å². The molecule has 0 aromatic heterocycles. The normalized spacial score (nSPS) is 11.8. The van der Waals surface area contributed by atoms with Gasteiger partial charge in [-0.05, 0) is 6.42 Å². The Hall–Kier alpha value is -0.0900. The first kappa shape index (κ1) is 8.91. The molecule has 0 unspecified atom stereocenters. The van der Waals surface area contributed by atoms with Crippen LogP contribution in [0, 0.1) is 6.92 Å². The molecule has 0 amide bonds. The zero-order valence-electron chi connectivity index (χ0n) is 5.21. The molecular weight excluding hydrogens is 140 g/mol. The third-order valence-electron chi connectivity index (χ3n) is 0.902. The summed E-state index contributed by atoms with van der Waals surface area (Å²) in [6.07, 6.45) is 1.97. The van der Waals surface area contributed by atoms with Crippen LogP contribution < -0.4 is 0 Å². The Labute approximate surface area is 55.8 Å². The molecule has 1 radical (unpaired) electrons. The van der Waals surface area contributed by atoms with Gasteiger partial charge >= 0.3 is 0 Å². The number of rotatable bonds is 4. The monoisotopic (exact) mass is 151 g/mol. The highest BCUT2D eigenvalue weighted by molar-refractivity contribution is 7.85. The molecule has 1 N–H and O–H groups in total. The second-order valence-corrected chi connectivity index (χ2v) is 3.42. The molecule has 0 aromatic rings. The quantitative estimate of drug-likeness (QED) is 0.479. The van der Waals surface area contributed by atoms with E-state index in [1.54, 1.807) is 0 Å². The summed E-state index contributed by atoms with van der Waals surface area (Å²) in [5.41, 5.74) is 0. The van der Waals surface area contributed by atoms with Gasteiger partial charge in [-0.1, -0.05) is 19.8 Å². The van der Waals surface area contributed by atoms with Crippen LogP contribution in [0.25, 0.3) is 0 Å². The smallest absolute Gasteiger partial charge is 0.264 e. The summed E-state index contributed by atoms with van der Waals surface area (Å²) in [4.78, 5) is 0. The summed E-state index contributed by atoms with van der Waals surface area (Å²) in [5.74, 6) is -0.136. The maximum Gasteiger partial charge on any atom is 0.264 e. The van der Waals surface area contributed by atoms with Crippen LogP contribution in [0.5, 0.6) is 0 Å². The lowest BCUT2D eigenvalue weighted by atomic mass is 10.3. The van der Waals surface area contributed by atoms with Crippen molar-refractivity contribution in [1.82, 2.24) is 0 Å². The van der Waals surface area contributed by atoms with Crippen molar-refractivity contribution in [3.05, 3.63) is 6.92 Å². The van der Waals surface area contributed by atoms with Gasteiger partial charge in [0.1, 0.15) is 0 Å². The van der Waals surface area contributed by atoms with Gasteiger partial charge in [0, 0.05) is 0 Å². The minimum atomic E-state index is -3.72. The fraction of sp³-hybridized carbons (Fsp3) is 0.800. The number of hydrogen-bond acceptors (Lipinski definition) is 2. The molecule has 0 atom stereocenters. The molecule has 0 saturated carbocycles. The predicted octanol–water partition coefficient (Wildman–Crippen LogP) is 0.879. The van der Waals surface area contributed by atoms with Crippen molar-refractivity contribution < 1.29 is 13.0 Å². The zero-order valence-corrected chi connectivity index (χ0v) is 6.02. The van der Waals surface area contributed by atoms with Crippen LogP contribution in [0.3, 0.4) is 0 Å². The molecule has 9 heavy (non-hydrogen) atoms. The van der Waals surface area contributed by atoms with Crippen LogP contribution in [0.15, 0.2) is 0 Å². The first-order valence-electron chi connectivity index (χ1n) is 2.80. The van der Waals surface area contributed by atoms with E-state index in [9.17, 15) is 8.42 Å². The van der Waals surface area contributed by atoms with Crippen LogP contribution in [0.1, 0.15) is 19.3 Å². The third-order valence-corrected chi connectivity index (χ3v) is 1.71. The van der Waals surface area contributed by atoms with Crippen molar-refractivity contribution in [2.75, 3.05) is 5.75 Å². The molecule has 0 rings (SSSR count). The van der Waals surface area contributed by atoms with Gasteiger partial charge in [0.15, 0.2) is 0 Å². The van der Waals surface area contributed by atoms with Crippen LogP contribution in [0.4, 0.5) is 0 Å². The number of unbranched alkanes of at least 4 members (excludes halogenated alkanes) is 2. The van der Waals surface area contributed by atoms with E-state index in [0.29, 0.717) is 6.42 Å². The van der Waals surface area contributed by atoms with Gasteiger partial charge in [-0.15, -0.1) is 0 Å². The molecule has 0 aliphatic rings. The maximum atomic E-state index is 10.0. The van der Waals surface area contributed by atoms with E-state index in [2.05, 4.69) is 6.92 Å². The first-order chi connectivity index (χ1) is 4.06. The van der Waals surface area contributed by atoms with E-state index in [0.717, 1.165) is 12.8 Å². The number of hydrogen-bond donors (Lipinski definition) is 1. The predicted molar refractivity (Wildman–Crippen MR) is 35.6 cm³/mol. The fourth-order valence-corrected chi connectivity index (χ4v) is 1.03. The molecule has 0 bridgehead atoms. The van der Waals surface area contributed by atoms with E-state index in [-0.39, 0.29) is 5.75 Å². The van der Waals surface area contributed by atoms with Crippen LogP contribution in [-0.2, 0) is 10.1 Å². The summed E-state index contributed by atoms with van der Waals surface area (Å²) < 4.78 is 28.3. The van der Waals surface area contributed by atoms with Crippen molar-refractivity contribution in [3.8, 4) is 0 Å². The molecule has 0 aliphatic heterocycles. The topological polar surface area (TPSA) is 54.4 Å². The minimum absolute atomic E-state index is 0.136. The Morgan fingerprint density at radius 1 is 1.33 bits per heavy atom. The second kappa shape index (κ2) is 3.85. The van der Waals surface area contributed by atoms with Gasteiger partial charge in [-0.25, -0.2) is 0 Å². The van der Waals surface area contributed by atoms with Gasteiger partial charge in [0.05, 0.1) is 5.75 Å². The average Bonchev–Trinajstić information content (AvgIpc) is 1.63. The Balaban J connectivity index is 3.30. The highest BCUT2D eigenvalue weighted by Crippen LogP contribution is 1.95. The molecule has 0 fully saturated rings. The van der Waals surface area contributed by atoms with Crippen molar-refractivity contribution in [2.24, 2.45) is 0 Å². The Kier molecular flexibility index (Phi) is 3.81. The highest BCUT2D eigenvalue weighted by atomic mass is 32.2. The molecule has 0 aromatic carbocycles. The van der Waals surface area contributed by atoms with Gasteiger partial charge in [-0.2, -0.15) is 8.42 Å². The molecule has 0 spiro atoms. The molecular formula is C5H11O3S. The van der Waals surface area contributed by atoms with Crippen molar-refractivity contribution in [2.45, 2.75) is 19.3 Å². The average molecular weight is 151 g/mol. The summed E-state index contributed by atoms with van der Waals surface area (Å²) in [6, 6.07) is 0. The molecule has 0 saturated heterocycles. The van der Waals surface area contributed by atoms with E-state index < -0.39 is 10.1 Å². The Morgan fingerprint density at radius 2 is 1.89 bits per heavy atom. The Bertz CT molecular complexity index is 148. The minimum Gasteiger partial charge on any atom is -0.286 e. The van der Waals surface area contributed by atoms with Crippen LogP contribution in [-0.4, -0.2) is 18.7 Å². The maximum absolute atomic E-state index is 10.0. The lowest BCUT2D eigenvalue weighted by Gasteiger charge is -1.92. The molecule has 3 nitrogen and oxygen atoms in total. The summed E-state index contributed by atoms with van der Waals surface area (Å²) in [7, 11) is -3.72. The second-order valence-electron chi connectivity index (χ2n) is 1.85.